The lowest BCUT2D eigenvalue weighted by atomic mass is 9.84. The number of nitrogens with one attached hydrogen (secondary N) is 1. The second-order valence-electron chi connectivity index (χ2n) is 5.91. The van der Waals surface area contributed by atoms with Gasteiger partial charge in [-0.25, -0.2) is 12.8 Å². The summed E-state index contributed by atoms with van der Waals surface area (Å²) in [5, 5.41) is 0. The average molecular weight is 410 g/mol. The second-order valence-corrected chi connectivity index (χ2v) is 8.35. The first-order chi connectivity index (χ1) is 11.3. The van der Waals surface area contributed by atoms with Crippen LogP contribution in [-0.4, -0.2) is 8.42 Å². The van der Waals surface area contributed by atoms with Crippen molar-refractivity contribution in [2.24, 2.45) is 0 Å². The van der Waals surface area contributed by atoms with E-state index < -0.39 is 15.8 Å². The molecule has 126 valence electrons. The van der Waals surface area contributed by atoms with Crippen molar-refractivity contribution in [2.45, 2.75) is 31.1 Å². The Morgan fingerprint density at radius 2 is 1.92 bits per heavy atom. The predicted octanol–water partition coefficient (Wildman–Crippen LogP) is 4.99. The van der Waals surface area contributed by atoms with Crippen LogP contribution in [0.1, 0.15) is 30.9 Å². The van der Waals surface area contributed by atoms with E-state index in [2.05, 4.69) is 40.6 Å². The molecule has 0 aliphatic heterocycles. The van der Waals surface area contributed by atoms with E-state index >= 15 is 0 Å². The van der Waals surface area contributed by atoms with Gasteiger partial charge in [0, 0.05) is 10.4 Å². The van der Waals surface area contributed by atoms with Gasteiger partial charge in [-0.2, -0.15) is 0 Å². The van der Waals surface area contributed by atoms with Gasteiger partial charge in [-0.15, -0.1) is 0 Å². The van der Waals surface area contributed by atoms with Gasteiger partial charge in [-0.1, -0.05) is 36.8 Å². The molecule has 1 N–H and O–H groups in total. The van der Waals surface area contributed by atoms with Gasteiger partial charge in [0.25, 0.3) is 10.0 Å². The number of allylic oxidation sites excluding steroid dienone is 2. The Morgan fingerprint density at radius 1 is 1.21 bits per heavy atom. The molecule has 1 aliphatic carbocycles. The Hall–Kier alpha value is -1.66. The summed E-state index contributed by atoms with van der Waals surface area (Å²) in [7, 11) is -3.99. The third-order valence-electron chi connectivity index (χ3n) is 4.40. The number of sulfonamides is 1. The minimum absolute atomic E-state index is 0.195. The fourth-order valence-corrected chi connectivity index (χ4v) is 5.01. The normalized spacial score (nSPS) is 17.2. The number of fused-ring (bicyclic) bond motifs is 1. The summed E-state index contributed by atoms with van der Waals surface area (Å²) in [4.78, 5) is -0.362. The van der Waals surface area contributed by atoms with Gasteiger partial charge in [0.1, 0.15) is 10.7 Å². The van der Waals surface area contributed by atoms with Gasteiger partial charge in [0.2, 0.25) is 0 Å². The van der Waals surface area contributed by atoms with E-state index in [1.54, 1.807) is 6.07 Å². The summed E-state index contributed by atoms with van der Waals surface area (Å²) in [6.45, 7) is 4.15. The van der Waals surface area contributed by atoms with Crippen LogP contribution >= 0.6 is 15.9 Å². The van der Waals surface area contributed by atoms with Crippen molar-refractivity contribution in [1.29, 1.82) is 0 Å². The van der Waals surface area contributed by atoms with E-state index in [0.717, 1.165) is 23.6 Å². The molecule has 0 spiro atoms. The molecule has 0 aromatic heterocycles. The summed E-state index contributed by atoms with van der Waals surface area (Å²) >= 11 is 3.53. The van der Waals surface area contributed by atoms with Crippen LogP contribution in [0.2, 0.25) is 0 Å². The molecule has 0 bridgehead atoms. The predicted molar refractivity (Wildman–Crippen MR) is 97.2 cm³/mol. The third kappa shape index (κ3) is 3.00. The van der Waals surface area contributed by atoms with Gasteiger partial charge in [0.15, 0.2) is 0 Å². The molecule has 3 nitrogen and oxygen atoms in total. The standard InChI is InChI=1S/C18H17BrFNO2S/c1-11-7-8-13-9-10-15(18(19)17(13)12(11)2)21-24(22,23)16-6-4-3-5-14(16)20/h3-7,9-10,12,21H,8H2,1-2H3. The summed E-state index contributed by atoms with van der Waals surface area (Å²) in [6, 6.07) is 8.96. The van der Waals surface area contributed by atoms with E-state index in [0.29, 0.717) is 10.2 Å². The van der Waals surface area contributed by atoms with Crippen LogP contribution in [0, 0.1) is 5.82 Å². The van der Waals surface area contributed by atoms with Gasteiger partial charge in [0.05, 0.1) is 5.69 Å². The summed E-state index contributed by atoms with van der Waals surface area (Å²) in [6.07, 6.45) is 3.01. The Balaban J connectivity index is 2.03. The zero-order valence-electron chi connectivity index (χ0n) is 13.3. The zero-order valence-corrected chi connectivity index (χ0v) is 15.7. The quantitative estimate of drug-likeness (QED) is 0.725. The molecule has 2 aromatic carbocycles. The van der Waals surface area contributed by atoms with Gasteiger partial charge < -0.3 is 0 Å². The number of anilines is 1. The Labute approximate surface area is 149 Å². The highest BCUT2D eigenvalue weighted by molar-refractivity contribution is 9.10. The Bertz CT molecular complexity index is 938. The van der Waals surface area contributed by atoms with E-state index in [9.17, 15) is 12.8 Å². The number of hydrogen-bond donors (Lipinski definition) is 1. The van der Waals surface area contributed by atoms with Crippen LogP contribution in [0.3, 0.4) is 0 Å². The highest BCUT2D eigenvalue weighted by Gasteiger charge is 2.24. The topological polar surface area (TPSA) is 46.2 Å². The van der Waals surface area contributed by atoms with Crippen molar-refractivity contribution in [2.75, 3.05) is 4.72 Å². The average Bonchev–Trinajstić information content (AvgIpc) is 2.53. The molecule has 1 aliphatic rings. The second kappa shape index (κ2) is 6.33. The van der Waals surface area contributed by atoms with Crippen molar-refractivity contribution in [1.82, 2.24) is 0 Å². The summed E-state index contributed by atoms with van der Waals surface area (Å²) < 4.78 is 42.1. The summed E-state index contributed by atoms with van der Waals surface area (Å²) in [5.74, 6) is -0.577. The van der Waals surface area contributed by atoms with E-state index in [-0.39, 0.29) is 10.8 Å². The van der Waals surface area contributed by atoms with Gasteiger partial charge in [-0.05, 0) is 58.6 Å². The molecule has 0 saturated carbocycles. The third-order valence-corrected chi connectivity index (χ3v) is 6.65. The number of hydrogen-bond acceptors (Lipinski definition) is 2. The van der Waals surface area contributed by atoms with E-state index in [4.69, 9.17) is 0 Å². The first-order valence-corrected chi connectivity index (χ1v) is 9.84. The molecule has 1 atom stereocenters. The lowest BCUT2D eigenvalue weighted by molar-refractivity contribution is 0.570. The van der Waals surface area contributed by atoms with Crippen molar-refractivity contribution in [3.63, 3.8) is 0 Å². The number of rotatable bonds is 3. The zero-order chi connectivity index (χ0) is 17.5. The molecule has 0 fully saturated rings. The first kappa shape index (κ1) is 17.2. The largest absolute Gasteiger partial charge is 0.278 e. The molecule has 1 unspecified atom stereocenters. The number of benzene rings is 2. The minimum Gasteiger partial charge on any atom is -0.278 e. The van der Waals surface area contributed by atoms with Crippen molar-refractivity contribution >= 4 is 31.6 Å². The molecule has 0 heterocycles. The van der Waals surface area contributed by atoms with Crippen molar-refractivity contribution < 1.29 is 12.8 Å². The molecule has 0 saturated heterocycles. The molecule has 24 heavy (non-hydrogen) atoms. The maximum Gasteiger partial charge on any atom is 0.264 e. The van der Waals surface area contributed by atoms with E-state index in [1.807, 2.05) is 6.07 Å². The molecule has 3 rings (SSSR count). The maximum absolute atomic E-state index is 13.8. The Kier molecular flexibility index (Phi) is 4.53. The highest BCUT2D eigenvalue weighted by atomic mass is 79.9. The lowest BCUT2D eigenvalue weighted by Crippen LogP contribution is -2.16. The van der Waals surface area contributed by atoms with Gasteiger partial charge >= 0.3 is 0 Å². The molecule has 2 aromatic rings. The van der Waals surface area contributed by atoms with Crippen LogP contribution in [0.15, 0.2) is 57.4 Å². The lowest BCUT2D eigenvalue weighted by Gasteiger charge is -2.25. The fourth-order valence-electron chi connectivity index (χ4n) is 2.90. The molecule has 6 heteroatoms. The maximum atomic E-state index is 13.8. The number of halogens is 2. The smallest absolute Gasteiger partial charge is 0.264 e. The van der Waals surface area contributed by atoms with Crippen LogP contribution in [0.25, 0.3) is 0 Å². The van der Waals surface area contributed by atoms with Crippen LogP contribution in [-0.2, 0) is 16.4 Å². The summed E-state index contributed by atoms with van der Waals surface area (Å²) in [5.41, 5.74) is 3.90. The molecule has 0 amide bonds. The van der Waals surface area contributed by atoms with Crippen LogP contribution in [0.5, 0.6) is 0 Å². The van der Waals surface area contributed by atoms with Crippen molar-refractivity contribution in [3.8, 4) is 0 Å². The van der Waals surface area contributed by atoms with E-state index in [1.165, 1.54) is 23.8 Å². The SMILES string of the molecule is CC1=CCc2ccc(NS(=O)(=O)c3ccccc3F)c(Br)c2C1C. The van der Waals surface area contributed by atoms with Crippen LogP contribution < -0.4 is 4.72 Å². The highest BCUT2D eigenvalue weighted by Crippen LogP contribution is 2.41. The van der Waals surface area contributed by atoms with Gasteiger partial charge in [-0.3, -0.25) is 4.72 Å². The molecular weight excluding hydrogens is 393 g/mol. The molecule has 0 radical (unpaired) electrons. The first-order valence-electron chi connectivity index (χ1n) is 7.56. The molecular formula is C18H17BrFNO2S. The Morgan fingerprint density at radius 3 is 2.62 bits per heavy atom. The fraction of sp³-hybridized carbons (Fsp3) is 0.222. The minimum atomic E-state index is -3.99. The van der Waals surface area contributed by atoms with Crippen molar-refractivity contribution in [3.05, 3.63) is 69.5 Å². The monoisotopic (exact) mass is 409 g/mol. The van der Waals surface area contributed by atoms with Crippen LogP contribution in [0.4, 0.5) is 10.1 Å².